The fraction of sp³-hybridized carbons (Fsp3) is 0.321. The van der Waals surface area contributed by atoms with Crippen molar-refractivity contribution in [2.24, 2.45) is 5.92 Å². The van der Waals surface area contributed by atoms with E-state index in [1.807, 2.05) is 60.7 Å². The molecule has 0 amide bonds. The topological polar surface area (TPSA) is 99.5 Å². The number of nitrogens with zero attached hydrogens (tertiary/aromatic N) is 2. The molecule has 2 unspecified atom stereocenters. The largest absolute Gasteiger partial charge is 0.497 e. The number of carboxylic acids is 1. The number of hydrogen-bond donors (Lipinski definition) is 2. The van der Waals surface area contributed by atoms with Gasteiger partial charge in [-0.25, -0.2) is 9.00 Å². The fourth-order valence-corrected chi connectivity index (χ4v) is 5.60. The van der Waals surface area contributed by atoms with Crippen LogP contribution in [0.2, 0.25) is 0 Å². The number of likely N-dealkylation sites (tertiary alicyclic amines) is 1. The van der Waals surface area contributed by atoms with Crippen LogP contribution in [0.25, 0.3) is 11.1 Å². The average Bonchev–Trinajstić information content (AvgIpc) is 2.92. The van der Waals surface area contributed by atoms with Gasteiger partial charge in [0.1, 0.15) is 17.5 Å². The monoisotopic (exact) mass is 524 g/mol. The van der Waals surface area contributed by atoms with E-state index in [-0.39, 0.29) is 5.92 Å². The highest BCUT2D eigenvalue weighted by molar-refractivity contribution is 7.80. The third kappa shape index (κ3) is 6.49. The number of aliphatic carboxylic acids is 1. The second kappa shape index (κ2) is 12.2. The Hall–Kier alpha value is -3.40. The number of carboxylic acid groups (broad SMARTS) is 1. The molecule has 4 rings (SSSR count). The number of carbonyl (C=O) groups is 1. The summed E-state index contributed by atoms with van der Waals surface area (Å²) in [5.41, 5.74) is 3.42. The van der Waals surface area contributed by atoms with Crippen molar-refractivity contribution >= 4 is 22.9 Å². The molecule has 1 aliphatic heterocycles. The molecule has 2 atom stereocenters. The first-order chi connectivity index (χ1) is 17.9. The molecule has 1 aliphatic rings. The maximum absolute atomic E-state index is 12.4. The van der Waals surface area contributed by atoms with Gasteiger partial charge in [0.2, 0.25) is 0 Å². The Morgan fingerprint density at radius 1 is 0.919 bits per heavy atom. The number of hydrogen-bond acceptors (Lipinski definition) is 5. The van der Waals surface area contributed by atoms with Crippen molar-refractivity contribution in [3.63, 3.8) is 0 Å². The third-order valence-corrected chi connectivity index (χ3v) is 7.64. The summed E-state index contributed by atoms with van der Waals surface area (Å²) < 4.78 is 34.1. The molecule has 8 nitrogen and oxygen atoms in total. The van der Waals surface area contributed by atoms with Crippen LogP contribution in [0.5, 0.6) is 11.5 Å². The van der Waals surface area contributed by atoms with Crippen molar-refractivity contribution in [2.75, 3.05) is 31.6 Å². The summed E-state index contributed by atoms with van der Waals surface area (Å²) in [5, 5.41) is 10.1. The zero-order valence-electron chi connectivity index (χ0n) is 20.9. The SMILES string of the molecule is COc1ccc(CN2CCC(C(C(=O)O)N(c3ccc(-c4ccc(OC)cc4)cc3)S(=O)O)CC2)cc1. The predicted molar refractivity (Wildman–Crippen MR) is 144 cm³/mol. The summed E-state index contributed by atoms with van der Waals surface area (Å²) in [5.74, 6) is 0.194. The van der Waals surface area contributed by atoms with E-state index < -0.39 is 23.3 Å². The predicted octanol–water partition coefficient (Wildman–Crippen LogP) is 4.68. The summed E-state index contributed by atoms with van der Waals surface area (Å²) in [6.07, 6.45) is 1.23. The molecule has 0 radical (unpaired) electrons. The molecule has 3 aromatic rings. The molecule has 0 bridgehead atoms. The lowest BCUT2D eigenvalue weighted by atomic mass is 9.88. The van der Waals surface area contributed by atoms with Crippen LogP contribution in [0.3, 0.4) is 0 Å². The van der Waals surface area contributed by atoms with Crippen LogP contribution in [0.1, 0.15) is 18.4 Å². The Labute approximate surface area is 219 Å². The summed E-state index contributed by atoms with van der Waals surface area (Å²) >= 11 is -2.50. The quantitative estimate of drug-likeness (QED) is 0.372. The van der Waals surface area contributed by atoms with E-state index in [1.54, 1.807) is 26.4 Å². The zero-order valence-corrected chi connectivity index (χ0v) is 21.8. The normalized spacial score (nSPS) is 16.1. The minimum absolute atomic E-state index is 0.262. The number of ether oxygens (including phenoxy) is 2. The van der Waals surface area contributed by atoms with Crippen molar-refractivity contribution in [1.82, 2.24) is 4.90 Å². The van der Waals surface area contributed by atoms with Crippen molar-refractivity contribution in [3.05, 3.63) is 78.4 Å². The molecule has 2 N–H and O–H groups in total. The highest BCUT2D eigenvalue weighted by atomic mass is 32.2. The summed E-state index contributed by atoms with van der Waals surface area (Å²) in [6.45, 7) is 2.18. The minimum Gasteiger partial charge on any atom is -0.497 e. The Balaban J connectivity index is 1.46. The minimum atomic E-state index is -2.50. The van der Waals surface area contributed by atoms with Crippen molar-refractivity contribution in [1.29, 1.82) is 0 Å². The number of piperidine rings is 1. The molecule has 0 aliphatic carbocycles. The number of rotatable bonds is 10. The first kappa shape index (κ1) is 26.7. The van der Waals surface area contributed by atoms with Crippen LogP contribution >= 0.6 is 0 Å². The zero-order chi connectivity index (χ0) is 26.4. The first-order valence-electron chi connectivity index (χ1n) is 12.1. The second-order valence-corrected chi connectivity index (χ2v) is 9.93. The highest BCUT2D eigenvalue weighted by Crippen LogP contribution is 2.32. The van der Waals surface area contributed by atoms with Crippen molar-refractivity contribution in [2.45, 2.75) is 25.4 Å². The number of methoxy groups -OCH3 is 2. The van der Waals surface area contributed by atoms with Gasteiger partial charge in [0.25, 0.3) is 11.3 Å². The lowest BCUT2D eigenvalue weighted by Crippen LogP contribution is -2.50. The van der Waals surface area contributed by atoms with E-state index in [4.69, 9.17) is 9.47 Å². The lowest BCUT2D eigenvalue weighted by molar-refractivity contribution is -0.140. The van der Waals surface area contributed by atoms with Gasteiger partial charge in [-0.2, -0.15) is 0 Å². The molecule has 0 saturated carbocycles. The third-order valence-electron chi connectivity index (χ3n) is 6.86. The maximum atomic E-state index is 12.4. The van der Waals surface area contributed by atoms with E-state index >= 15 is 0 Å². The van der Waals surface area contributed by atoms with Gasteiger partial charge in [-0.3, -0.25) is 13.8 Å². The van der Waals surface area contributed by atoms with Gasteiger partial charge < -0.3 is 14.6 Å². The Morgan fingerprint density at radius 3 is 1.86 bits per heavy atom. The molecule has 3 aromatic carbocycles. The van der Waals surface area contributed by atoms with E-state index in [9.17, 15) is 18.7 Å². The molecule has 1 heterocycles. The van der Waals surface area contributed by atoms with E-state index in [0.29, 0.717) is 31.6 Å². The molecule has 9 heteroatoms. The van der Waals surface area contributed by atoms with Crippen LogP contribution in [-0.2, 0) is 22.6 Å². The van der Waals surface area contributed by atoms with Crippen LogP contribution in [0.4, 0.5) is 5.69 Å². The lowest BCUT2D eigenvalue weighted by Gasteiger charge is -2.38. The summed E-state index contributed by atoms with van der Waals surface area (Å²) in [7, 11) is 3.24. The molecule has 0 aromatic heterocycles. The van der Waals surface area contributed by atoms with E-state index in [0.717, 1.165) is 39.0 Å². The van der Waals surface area contributed by atoms with Gasteiger partial charge >= 0.3 is 5.97 Å². The Morgan fingerprint density at radius 2 is 1.41 bits per heavy atom. The number of benzene rings is 3. The van der Waals surface area contributed by atoms with Crippen molar-refractivity contribution in [3.8, 4) is 22.6 Å². The number of anilines is 1. The van der Waals surface area contributed by atoms with E-state index in [1.165, 1.54) is 0 Å². The Bertz CT molecular complexity index is 1190. The second-order valence-electron chi connectivity index (χ2n) is 9.08. The molecular weight excluding hydrogens is 492 g/mol. The standard InChI is InChI=1S/C28H32N2O6S/c1-35-25-11-3-20(4-12-25)19-29-17-15-23(16-18-29)27(28(31)32)30(37(33)34)24-9-5-21(6-10-24)22-7-13-26(36-2)14-8-22/h3-14,23,27H,15-19H2,1-2H3,(H,31,32)(H,33,34). The van der Waals surface area contributed by atoms with Crippen LogP contribution in [-0.4, -0.2) is 58.1 Å². The molecular formula is C28H32N2O6S. The molecule has 1 saturated heterocycles. The van der Waals surface area contributed by atoms with Gasteiger partial charge in [-0.1, -0.05) is 36.4 Å². The van der Waals surface area contributed by atoms with Gasteiger partial charge in [0, 0.05) is 6.54 Å². The average molecular weight is 525 g/mol. The van der Waals surface area contributed by atoms with Gasteiger partial charge in [0.05, 0.1) is 19.9 Å². The fourth-order valence-electron chi connectivity index (χ4n) is 4.84. The highest BCUT2D eigenvalue weighted by Gasteiger charge is 2.38. The molecule has 1 fully saturated rings. The summed E-state index contributed by atoms with van der Waals surface area (Å²) in [4.78, 5) is 14.7. The van der Waals surface area contributed by atoms with Crippen LogP contribution in [0, 0.1) is 5.92 Å². The van der Waals surface area contributed by atoms with E-state index in [2.05, 4.69) is 4.90 Å². The smallest absolute Gasteiger partial charge is 0.327 e. The molecule has 37 heavy (non-hydrogen) atoms. The maximum Gasteiger partial charge on any atom is 0.327 e. The van der Waals surface area contributed by atoms with Crippen LogP contribution < -0.4 is 13.8 Å². The van der Waals surface area contributed by atoms with Gasteiger partial charge in [-0.15, -0.1) is 0 Å². The first-order valence-corrected chi connectivity index (χ1v) is 13.2. The van der Waals surface area contributed by atoms with Crippen LogP contribution in [0.15, 0.2) is 72.8 Å². The van der Waals surface area contributed by atoms with Gasteiger partial charge in [0.15, 0.2) is 0 Å². The summed E-state index contributed by atoms with van der Waals surface area (Å²) in [6, 6.07) is 21.4. The van der Waals surface area contributed by atoms with Gasteiger partial charge in [-0.05, 0) is 84.9 Å². The van der Waals surface area contributed by atoms with Crippen molar-refractivity contribution < 1.29 is 28.1 Å². The molecule has 196 valence electrons. The molecule has 0 spiro atoms. The Kier molecular flexibility index (Phi) is 8.81.